The normalized spacial score (nSPS) is 10.6. The lowest BCUT2D eigenvalue weighted by atomic mass is 10.2. The topological polar surface area (TPSA) is 117 Å². The third-order valence-electron chi connectivity index (χ3n) is 5.26. The third-order valence-corrected chi connectivity index (χ3v) is 5.26. The number of aryl methyl sites for hydroxylation is 1. The van der Waals surface area contributed by atoms with Crippen LogP contribution >= 0.6 is 0 Å². The summed E-state index contributed by atoms with van der Waals surface area (Å²) in [5, 5.41) is 7.93. The van der Waals surface area contributed by atoms with Crippen molar-refractivity contribution >= 4 is 23.3 Å². The minimum absolute atomic E-state index is 0.104. The highest BCUT2D eigenvalue weighted by atomic mass is 19.1. The van der Waals surface area contributed by atoms with Crippen LogP contribution in [0.3, 0.4) is 0 Å². The van der Waals surface area contributed by atoms with E-state index >= 15 is 0 Å². The van der Waals surface area contributed by atoms with Crippen LogP contribution in [0.5, 0.6) is 11.5 Å². The highest BCUT2D eigenvalue weighted by Gasteiger charge is 2.11. The van der Waals surface area contributed by atoms with E-state index in [1.807, 2.05) is 6.92 Å². The lowest BCUT2D eigenvalue weighted by molar-refractivity contribution is 0.0937. The number of benzene rings is 2. The van der Waals surface area contributed by atoms with Gasteiger partial charge in [0.2, 0.25) is 0 Å². The highest BCUT2D eigenvalue weighted by molar-refractivity contribution is 6.00. The number of halogens is 1. The second kappa shape index (κ2) is 11.8. The molecular weight excluding hydrogens is 477 g/mol. The van der Waals surface area contributed by atoms with Crippen LogP contribution in [0, 0.1) is 12.7 Å². The summed E-state index contributed by atoms with van der Waals surface area (Å²) in [7, 11) is 1.57. The number of carbonyl (C=O) groups excluding carboxylic acids is 2. The number of H-pyrrole nitrogens is 1. The van der Waals surface area contributed by atoms with E-state index in [0.29, 0.717) is 47.3 Å². The fourth-order valence-electron chi connectivity index (χ4n) is 3.43. The van der Waals surface area contributed by atoms with Crippen LogP contribution in [-0.4, -0.2) is 42.2 Å². The van der Waals surface area contributed by atoms with E-state index in [0.717, 1.165) is 5.56 Å². The summed E-state index contributed by atoms with van der Waals surface area (Å²) in [6.45, 7) is 2.66. The molecule has 0 spiro atoms. The molecule has 4 rings (SSSR count). The zero-order valence-electron chi connectivity index (χ0n) is 20.3. The first kappa shape index (κ1) is 25.4. The molecule has 190 valence electrons. The molecule has 4 N–H and O–H groups in total. The first-order valence-corrected chi connectivity index (χ1v) is 11.5. The Bertz CT molecular complexity index is 1390. The van der Waals surface area contributed by atoms with Gasteiger partial charge in [0.15, 0.2) is 0 Å². The van der Waals surface area contributed by atoms with Crippen LogP contribution in [0.4, 0.5) is 20.6 Å². The maximum atomic E-state index is 13.9. The van der Waals surface area contributed by atoms with E-state index in [-0.39, 0.29) is 11.6 Å². The number of pyridine rings is 1. The van der Waals surface area contributed by atoms with E-state index < -0.39 is 11.8 Å². The number of nitrogens with one attached hydrogen (secondary N) is 4. The largest absolute Gasteiger partial charge is 0.457 e. The smallest absolute Gasteiger partial charge is 0.323 e. The Morgan fingerprint density at radius 2 is 1.81 bits per heavy atom. The van der Waals surface area contributed by atoms with Crippen molar-refractivity contribution in [1.29, 1.82) is 0 Å². The monoisotopic (exact) mass is 503 g/mol. The molecule has 0 saturated carbocycles. The fourth-order valence-corrected chi connectivity index (χ4v) is 3.43. The molecule has 0 unspecified atom stereocenters. The summed E-state index contributed by atoms with van der Waals surface area (Å²) in [5.74, 6) is 0.358. The number of hydrogen-bond acceptors (Lipinski definition) is 5. The summed E-state index contributed by atoms with van der Waals surface area (Å²) in [4.78, 5) is 31.9. The molecule has 10 heteroatoms. The molecular formula is C27H26FN5O4. The van der Waals surface area contributed by atoms with Crippen molar-refractivity contribution in [2.24, 2.45) is 0 Å². The number of nitrogens with zero attached hydrogens (tertiary/aromatic N) is 1. The molecule has 0 aliphatic rings. The zero-order chi connectivity index (χ0) is 26.2. The van der Waals surface area contributed by atoms with Crippen molar-refractivity contribution in [2.45, 2.75) is 6.92 Å². The van der Waals surface area contributed by atoms with Crippen molar-refractivity contribution in [3.8, 4) is 22.9 Å². The van der Waals surface area contributed by atoms with E-state index in [1.54, 1.807) is 74.1 Å². The van der Waals surface area contributed by atoms with Gasteiger partial charge in [0.1, 0.15) is 17.3 Å². The Balaban J connectivity index is 1.36. The second-order valence-electron chi connectivity index (χ2n) is 8.12. The van der Waals surface area contributed by atoms with Crippen LogP contribution < -0.4 is 20.7 Å². The van der Waals surface area contributed by atoms with E-state index in [9.17, 15) is 14.0 Å². The molecule has 9 nitrogen and oxygen atoms in total. The number of carbonyl (C=O) groups is 2. The second-order valence-corrected chi connectivity index (χ2v) is 8.12. The number of ether oxygens (including phenoxy) is 2. The summed E-state index contributed by atoms with van der Waals surface area (Å²) in [6.07, 6.45) is 3.22. The Morgan fingerprint density at radius 1 is 1.00 bits per heavy atom. The Hall–Kier alpha value is -4.70. The maximum absolute atomic E-state index is 13.9. The van der Waals surface area contributed by atoms with Crippen molar-refractivity contribution in [3.05, 3.63) is 90.0 Å². The number of hydrogen-bond donors (Lipinski definition) is 4. The maximum Gasteiger partial charge on any atom is 0.323 e. The van der Waals surface area contributed by atoms with Crippen LogP contribution in [0.2, 0.25) is 0 Å². The molecule has 0 fully saturated rings. The van der Waals surface area contributed by atoms with Gasteiger partial charge < -0.3 is 30.4 Å². The molecule has 0 bridgehead atoms. The molecule has 2 aromatic heterocycles. The third kappa shape index (κ3) is 6.92. The zero-order valence-corrected chi connectivity index (χ0v) is 20.3. The first-order valence-electron chi connectivity index (χ1n) is 11.5. The Kier molecular flexibility index (Phi) is 8.11. The van der Waals surface area contributed by atoms with Gasteiger partial charge in [-0.1, -0.05) is 6.07 Å². The number of methoxy groups -OCH3 is 1. The molecule has 2 heterocycles. The lowest BCUT2D eigenvalue weighted by Gasteiger charge is -2.10. The van der Waals surface area contributed by atoms with Gasteiger partial charge >= 0.3 is 6.03 Å². The van der Waals surface area contributed by atoms with Crippen molar-refractivity contribution < 1.29 is 23.5 Å². The quantitative estimate of drug-likeness (QED) is 0.230. The number of anilines is 2. The van der Waals surface area contributed by atoms with Crippen molar-refractivity contribution in [1.82, 2.24) is 15.3 Å². The molecule has 0 aliphatic carbocycles. The Labute approximate surface area is 213 Å². The summed E-state index contributed by atoms with van der Waals surface area (Å²) < 4.78 is 24.7. The van der Waals surface area contributed by atoms with E-state index in [4.69, 9.17) is 9.47 Å². The molecule has 0 atom stereocenters. The van der Waals surface area contributed by atoms with Gasteiger partial charge in [-0.2, -0.15) is 0 Å². The molecule has 3 amide bonds. The van der Waals surface area contributed by atoms with Gasteiger partial charge in [-0.25, -0.2) is 9.18 Å². The summed E-state index contributed by atoms with van der Waals surface area (Å²) >= 11 is 0. The molecule has 4 aromatic rings. The number of aromatic amines is 1. The average Bonchev–Trinajstić information content (AvgIpc) is 3.38. The lowest BCUT2D eigenvalue weighted by Crippen LogP contribution is -2.26. The minimum Gasteiger partial charge on any atom is -0.457 e. The van der Waals surface area contributed by atoms with Crippen molar-refractivity contribution in [3.63, 3.8) is 0 Å². The highest BCUT2D eigenvalue weighted by Crippen LogP contribution is 2.27. The molecule has 37 heavy (non-hydrogen) atoms. The van der Waals surface area contributed by atoms with Gasteiger partial charge in [0, 0.05) is 37.8 Å². The predicted octanol–water partition coefficient (Wildman–Crippen LogP) is 5.34. The number of rotatable bonds is 9. The molecule has 2 aromatic carbocycles. The van der Waals surface area contributed by atoms with Crippen LogP contribution in [0.1, 0.15) is 15.9 Å². The van der Waals surface area contributed by atoms with Gasteiger partial charge in [-0.15, -0.1) is 0 Å². The van der Waals surface area contributed by atoms with E-state index in [2.05, 4.69) is 25.9 Å². The van der Waals surface area contributed by atoms with Gasteiger partial charge in [0.05, 0.1) is 29.2 Å². The van der Waals surface area contributed by atoms with Crippen molar-refractivity contribution in [2.75, 3.05) is 30.9 Å². The number of aromatic nitrogens is 2. The van der Waals surface area contributed by atoms with Crippen LogP contribution in [-0.2, 0) is 4.74 Å². The minimum atomic E-state index is -0.561. The fraction of sp³-hybridized carbons (Fsp3) is 0.148. The van der Waals surface area contributed by atoms with Crippen LogP contribution in [0.15, 0.2) is 73.1 Å². The van der Waals surface area contributed by atoms with Gasteiger partial charge in [-0.3, -0.25) is 9.78 Å². The standard InChI is InChI=1S/C27H26FN5O4/c1-17-3-8-22(28)23(13-17)33-27(35)32-19-4-6-20(7-5-19)37-21-9-10-29-25(15-21)24-14-18(16-31-24)26(34)30-11-12-36-2/h3-10,13-16,31H,11-12H2,1-2H3,(H,30,34)(H2,32,33,35). The molecule has 0 saturated heterocycles. The molecule has 0 radical (unpaired) electrons. The van der Waals surface area contributed by atoms with Crippen LogP contribution in [0.25, 0.3) is 11.4 Å². The first-order chi connectivity index (χ1) is 17.9. The predicted molar refractivity (Wildman–Crippen MR) is 139 cm³/mol. The van der Waals surface area contributed by atoms with Gasteiger partial charge in [0.25, 0.3) is 5.91 Å². The Morgan fingerprint density at radius 3 is 2.59 bits per heavy atom. The summed E-state index contributed by atoms with van der Waals surface area (Å²) in [6, 6.07) is 15.8. The molecule has 0 aliphatic heterocycles. The number of amides is 3. The summed E-state index contributed by atoms with van der Waals surface area (Å²) in [5.41, 5.74) is 3.20. The van der Waals surface area contributed by atoms with E-state index in [1.165, 1.54) is 6.07 Å². The average molecular weight is 504 g/mol. The van der Waals surface area contributed by atoms with Gasteiger partial charge in [-0.05, 0) is 61.0 Å². The SMILES string of the molecule is COCCNC(=O)c1c[nH]c(-c2cc(Oc3ccc(NC(=O)Nc4cc(C)ccc4F)cc3)ccn2)c1. The number of urea groups is 1.